The molecule has 0 aliphatic carbocycles. The third-order valence-corrected chi connectivity index (χ3v) is 6.28. The zero-order chi connectivity index (χ0) is 19.1. The fourth-order valence-electron chi connectivity index (χ4n) is 4.35. The molecule has 2 nitrogen and oxygen atoms in total. The first-order valence-electron chi connectivity index (χ1n) is 11.6. The van der Waals surface area contributed by atoms with Gasteiger partial charge in [0.2, 0.25) is 0 Å². The summed E-state index contributed by atoms with van der Waals surface area (Å²) in [5, 5.41) is 0. The van der Waals surface area contributed by atoms with Crippen LogP contribution in [0.5, 0.6) is 0 Å². The SMILES string of the molecule is CCCCCCCCCCCCCC[N+](CC)(CC)c1ccccc1C.[OH-]. The highest BCUT2D eigenvalue weighted by atomic mass is 16.0. The molecule has 0 saturated carbocycles. The fraction of sp³-hybridized carbons (Fsp3) is 0.760. The Bertz CT molecular complexity index is 453. The van der Waals surface area contributed by atoms with Crippen LogP contribution in [0.25, 0.3) is 0 Å². The number of nitrogens with zero attached hydrogens (tertiary/aromatic N) is 1. The summed E-state index contributed by atoms with van der Waals surface area (Å²) in [5.74, 6) is 0. The van der Waals surface area contributed by atoms with Crippen molar-refractivity contribution >= 4 is 5.69 Å². The molecular formula is C25H47NO. The number of quaternary nitrogens is 1. The van der Waals surface area contributed by atoms with E-state index in [1.807, 2.05) is 0 Å². The van der Waals surface area contributed by atoms with Crippen molar-refractivity contribution in [2.45, 2.75) is 105 Å². The summed E-state index contributed by atoms with van der Waals surface area (Å²) >= 11 is 0. The van der Waals surface area contributed by atoms with Crippen LogP contribution in [0, 0.1) is 6.92 Å². The van der Waals surface area contributed by atoms with Crippen LogP contribution in [0.4, 0.5) is 5.69 Å². The molecule has 1 N–H and O–H groups in total. The number of para-hydroxylation sites is 1. The summed E-state index contributed by atoms with van der Waals surface area (Å²) in [6.45, 7) is 13.0. The van der Waals surface area contributed by atoms with Crippen LogP contribution in [-0.2, 0) is 0 Å². The Labute approximate surface area is 170 Å². The Morgan fingerprint density at radius 3 is 1.52 bits per heavy atom. The Hall–Kier alpha value is -0.860. The molecule has 0 aliphatic rings. The predicted octanol–water partition coefficient (Wildman–Crippen LogP) is 7.87. The van der Waals surface area contributed by atoms with Crippen molar-refractivity contribution in [1.82, 2.24) is 4.48 Å². The van der Waals surface area contributed by atoms with Crippen molar-refractivity contribution in [3.05, 3.63) is 29.8 Å². The molecule has 0 radical (unpaired) electrons. The Balaban J connectivity index is 0.00000676. The molecule has 0 heterocycles. The molecule has 1 rings (SSSR count). The van der Waals surface area contributed by atoms with E-state index in [2.05, 4.69) is 52.0 Å². The number of benzene rings is 1. The highest BCUT2D eigenvalue weighted by Crippen LogP contribution is 2.27. The summed E-state index contributed by atoms with van der Waals surface area (Å²) < 4.78 is 1.16. The molecule has 0 saturated heterocycles. The van der Waals surface area contributed by atoms with Gasteiger partial charge in [-0.05, 0) is 39.7 Å². The first-order chi connectivity index (χ1) is 12.7. The first kappa shape index (κ1) is 26.1. The van der Waals surface area contributed by atoms with Gasteiger partial charge in [0.1, 0.15) is 5.69 Å². The van der Waals surface area contributed by atoms with Gasteiger partial charge in [-0.15, -0.1) is 0 Å². The number of aryl methyl sites for hydroxylation is 1. The largest absolute Gasteiger partial charge is 0.870 e. The molecule has 0 atom stereocenters. The maximum absolute atomic E-state index is 2.36. The van der Waals surface area contributed by atoms with Gasteiger partial charge in [0, 0.05) is 5.56 Å². The van der Waals surface area contributed by atoms with Gasteiger partial charge in [0.15, 0.2) is 0 Å². The van der Waals surface area contributed by atoms with E-state index in [-0.39, 0.29) is 5.48 Å². The van der Waals surface area contributed by atoms with Crippen LogP contribution in [-0.4, -0.2) is 25.1 Å². The average molecular weight is 378 g/mol. The van der Waals surface area contributed by atoms with E-state index in [0.717, 1.165) is 4.48 Å². The van der Waals surface area contributed by atoms with Crippen LogP contribution in [0.15, 0.2) is 24.3 Å². The number of hydrogen-bond acceptors (Lipinski definition) is 1. The molecule has 158 valence electrons. The monoisotopic (exact) mass is 377 g/mol. The molecule has 0 bridgehead atoms. The Kier molecular flexibility index (Phi) is 15.6. The van der Waals surface area contributed by atoms with E-state index < -0.39 is 0 Å². The molecule has 2 heteroatoms. The molecule has 0 unspecified atom stereocenters. The standard InChI is InChI=1S/C25H46N.H2O/c1-5-8-9-10-11-12-13-14-15-16-17-20-23-26(6-2,7-3)25-22-19-18-21-24(25)4;/h18-19,21-22H,5-17,20,23H2,1-4H3;1H2/q+1;/p-1. The van der Waals surface area contributed by atoms with Gasteiger partial charge in [0.05, 0.1) is 19.6 Å². The topological polar surface area (TPSA) is 30.0 Å². The van der Waals surface area contributed by atoms with E-state index in [4.69, 9.17) is 0 Å². The first-order valence-corrected chi connectivity index (χ1v) is 11.6. The van der Waals surface area contributed by atoms with Crippen LogP contribution in [0.3, 0.4) is 0 Å². The van der Waals surface area contributed by atoms with Crippen LogP contribution < -0.4 is 4.48 Å². The van der Waals surface area contributed by atoms with Crippen LogP contribution >= 0.6 is 0 Å². The third-order valence-electron chi connectivity index (χ3n) is 6.28. The summed E-state index contributed by atoms with van der Waals surface area (Å²) in [6, 6.07) is 9.00. The maximum Gasteiger partial charge on any atom is 0.135 e. The van der Waals surface area contributed by atoms with Gasteiger partial charge in [-0.3, -0.25) is 4.48 Å². The van der Waals surface area contributed by atoms with Crippen molar-refractivity contribution < 1.29 is 5.48 Å². The summed E-state index contributed by atoms with van der Waals surface area (Å²) in [7, 11) is 0. The summed E-state index contributed by atoms with van der Waals surface area (Å²) in [6.07, 6.45) is 17.2. The van der Waals surface area contributed by atoms with Gasteiger partial charge in [-0.25, -0.2) is 0 Å². The van der Waals surface area contributed by atoms with Gasteiger partial charge < -0.3 is 5.48 Å². The van der Waals surface area contributed by atoms with Gasteiger partial charge >= 0.3 is 0 Å². The molecule has 0 fully saturated rings. The lowest BCUT2D eigenvalue weighted by molar-refractivity contribution is 0.290. The van der Waals surface area contributed by atoms with Crippen molar-refractivity contribution in [2.24, 2.45) is 0 Å². The lowest BCUT2D eigenvalue weighted by atomic mass is 10.0. The Morgan fingerprint density at radius 1 is 0.630 bits per heavy atom. The quantitative estimate of drug-likeness (QED) is 0.213. The summed E-state index contributed by atoms with van der Waals surface area (Å²) in [4.78, 5) is 0. The second kappa shape index (κ2) is 16.1. The molecule has 1 aromatic carbocycles. The molecule has 0 aromatic heterocycles. The van der Waals surface area contributed by atoms with E-state index in [1.54, 1.807) is 5.69 Å². The fourth-order valence-corrected chi connectivity index (χ4v) is 4.35. The van der Waals surface area contributed by atoms with Gasteiger partial charge in [-0.2, -0.15) is 0 Å². The zero-order valence-electron chi connectivity index (χ0n) is 18.8. The molecule has 0 aliphatic heterocycles. The maximum atomic E-state index is 2.36. The lowest BCUT2D eigenvalue weighted by Gasteiger charge is -2.37. The second-order valence-electron chi connectivity index (χ2n) is 8.18. The van der Waals surface area contributed by atoms with E-state index in [0.29, 0.717) is 0 Å². The van der Waals surface area contributed by atoms with E-state index in [1.165, 1.54) is 102 Å². The molecular weight excluding hydrogens is 330 g/mol. The Morgan fingerprint density at radius 2 is 1.07 bits per heavy atom. The number of hydrogen-bond donors (Lipinski definition) is 0. The predicted molar refractivity (Wildman–Crippen MR) is 122 cm³/mol. The molecule has 0 amide bonds. The normalized spacial score (nSPS) is 11.4. The minimum Gasteiger partial charge on any atom is -0.870 e. The molecule has 1 aromatic rings. The molecule has 0 spiro atoms. The zero-order valence-corrected chi connectivity index (χ0v) is 18.8. The van der Waals surface area contributed by atoms with Gasteiger partial charge in [-0.1, -0.05) is 89.3 Å². The average Bonchev–Trinajstić information content (AvgIpc) is 2.67. The van der Waals surface area contributed by atoms with Crippen LogP contribution in [0.2, 0.25) is 0 Å². The minimum absolute atomic E-state index is 0. The van der Waals surface area contributed by atoms with Gasteiger partial charge in [0.25, 0.3) is 0 Å². The summed E-state index contributed by atoms with van der Waals surface area (Å²) in [5.41, 5.74) is 3.00. The van der Waals surface area contributed by atoms with Crippen molar-refractivity contribution in [3.63, 3.8) is 0 Å². The lowest BCUT2D eigenvalue weighted by Crippen LogP contribution is -2.50. The van der Waals surface area contributed by atoms with Crippen molar-refractivity contribution in [2.75, 3.05) is 19.6 Å². The molecule has 27 heavy (non-hydrogen) atoms. The highest BCUT2D eigenvalue weighted by molar-refractivity contribution is 5.49. The van der Waals surface area contributed by atoms with Crippen LogP contribution in [0.1, 0.15) is 103 Å². The van der Waals surface area contributed by atoms with E-state index >= 15 is 0 Å². The number of rotatable bonds is 16. The second-order valence-corrected chi connectivity index (χ2v) is 8.18. The number of unbranched alkanes of at least 4 members (excludes halogenated alkanes) is 11. The van der Waals surface area contributed by atoms with Crippen molar-refractivity contribution in [3.8, 4) is 0 Å². The smallest absolute Gasteiger partial charge is 0.135 e. The minimum atomic E-state index is 0. The third kappa shape index (κ3) is 9.76. The van der Waals surface area contributed by atoms with E-state index in [9.17, 15) is 0 Å². The van der Waals surface area contributed by atoms with Crippen molar-refractivity contribution in [1.29, 1.82) is 0 Å². The highest BCUT2D eigenvalue weighted by Gasteiger charge is 2.27.